The van der Waals surface area contributed by atoms with Crippen LogP contribution in [0, 0.1) is 6.92 Å². The molecular formula is C12H16O3S. The molecule has 0 amide bonds. The summed E-state index contributed by atoms with van der Waals surface area (Å²) in [5.74, 6) is -0.710. The normalized spacial score (nSPS) is 12.2. The minimum absolute atomic E-state index is 0.558. The predicted molar refractivity (Wildman–Crippen MR) is 65.6 cm³/mol. The van der Waals surface area contributed by atoms with Crippen LogP contribution in [0.5, 0.6) is 5.75 Å². The quantitative estimate of drug-likeness (QED) is 0.822. The maximum Gasteiger partial charge on any atom is 0.310 e. The molecular weight excluding hydrogens is 224 g/mol. The average molecular weight is 240 g/mol. The van der Waals surface area contributed by atoms with Crippen LogP contribution in [0.2, 0.25) is 0 Å². The van der Waals surface area contributed by atoms with Crippen LogP contribution in [0.25, 0.3) is 0 Å². The Morgan fingerprint density at radius 1 is 1.50 bits per heavy atom. The lowest BCUT2D eigenvalue weighted by Gasteiger charge is -2.17. The topological polar surface area (TPSA) is 46.5 Å². The Bertz CT molecular complexity index is 401. The largest absolute Gasteiger partial charge is 0.496 e. The van der Waals surface area contributed by atoms with Crippen molar-refractivity contribution in [2.75, 3.05) is 13.4 Å². The molecule has 0 heterocycles. The molecule has 0 spiro atoms. The summed E-state index contributed by atoms with van der Waals surface area (Å²) in [5.41, 5.74) is 1.73. The first-order valence-corrected chi connectivity index (χ1v) is 6.19. The van der Waals surface area contributed by atoms with Crippen LogP contribution in [-0.4, -0.2) is 24.4 Å². The molecule has 1 atom stereocenters. The molecule has 0 aromatic heterocycles. The molecule has 1 unspecified atom stereocenters. The number of carbonyl (C=O) groups is 1. The van der Waals surface area contributed by atoms with E-state index in [9.17, 15) is 4.79 Å². The molecule has 3 nitrogen and oxygen atoms in total. The Labute approximate surface area is 99.8 Å². The summed E-state index contributed by atoms with van der Waals surface area (Å²) in [6.07, 6.45) is 1.93. The molecule has 0 saturated carbocycles. The molecule has 4 heteroatoms. The standard InChI is InChI=1S/C12H16O3S/c1-7-5-6-9(16-4)10(11(7)15-3)8(2)12(13)14/h5-6,8H,1-4H3,(H,13,14). The maximum atomic E-state index is 11.1. The highest BCUT2D eigenvalue weighted by Crippen LogP contribution is 2.37. The van der Waals surface area contributed by atoms with Crippen LogP contribution in [0.1, 0.15) is 24.0 Å². The number of methoxy groups -OCH3 is 1. The molecule has 1 aromatic carbocycles. The number of rotatable bonds is 4. The smallest absolute Gasteiger partial charge is 0.310 e. The van der Waals surface area contributed by atoms with E-state index in [1.54, 1.807) is 14.0 Å². The van der Waals surface area contributed by atoms with Gasteiger partial charge in [0.25, 0.3) is 0 Å². The lowest BCUT2D eigenvalue weighted by atomic mass is 9.98. The van der Waals surface area contributed by atoms with Gasteiger partial charge in [-0.15, -0.1) is 11.8 Å². The van der Waals surface area contributed by atoms with Crippen molar-refractivity contribution >= 4 is 17.7 Å². The second-order valence-corrected chi connectivity index (χ2v) is 4.44. The summed E-state index contributed by atoms with van der Waals surface area (Å²) in [6.45, 7) is 3.60. The Morgan fingerprint density at radius 2 is 2.12 bits per heavy atom. The van der Waals surface area contributed by atoms with Crippen molar-refractivity contribution in [3.63, 3.8) is 0 Å². The molecule has 0 aliphatic heterocycles. The molecule has 0 aliphatic carbocycles. The Hall–Kier alpha value is -1.16. The van der Waals surface area contributed by atoms with Crippen molar-refractivity contribution in [3.05, 3.63) is 23.3 Å². The molecule has 0 saturated heterocycles. The van der Waals surface area contributed by atoms with Gasteiger partial charge in [0, 0.05) is 10.5 Å². The Morgan fingerprint density at radius 3 is 2.56 bits per heavy atom. The number of aliphatic carboxylic acids is 1. The third kappa shape index (κ3) is 2.32. The average Bonchev–Trinajstić information content (AvgIpc) is 2.27. The first-order valence-electron chi connectivity index (χ1n) is 4.97. The highest BCUT2D eigenvalue weighted by Gasteiger charge is 2.22. The van der Waals surface area contributed by atoms with E-state index in [4.69, 9.17) is 9.84 Å². The van der Waals surface area contributed by atoms with Crippen molar-refractivity contribution in [1.82, 2.24) is 0 Å². The molecule has 16 heavy (non-hydrogen) atoms. The van der Waals surface area contributed by atoms with Crippen LogP contribution in [0.3, 0.4) is 0 Å². The third-order valence-electron chi connectivity index (χ3n) is 2.58. The van der Waals surface area contributed by atoms with E-state index >= 15 is 0 Å². The minimum atomic E-state index is -0.834. The van der Waals surface area contributed by atoms with E-state index in [1.807, 2.05) is 25.3 Å². The molecule has 0 radical (unpaired) electrons. The van der Waals surface area contributed by atoms with Gasteiger partial charge in [0.2, 0.25) is 0 Å². The number of carboxylic acids is 1. The SMILES string of the molecule is COc1c(C)ccc(SC)c1C(C)C(=O)O. The second-order valence-electron chi connectivity index (χ2n) is 3.59. The zero-order valence-electron chi connectivity index (χ0n) is 9.90. The molecule has 1 rings (SSSR count). The first-order chi connectivity index (χ1) is 7.52. The van der Waals surface area contributed by atoms with E-state index in [2.05, 4.69) is 0 Å². The summed E-state index contributed by atoms with van der Waals surface area (Å²) < 4.78 is 5.31. The lowest BCUT2D eigenvalue weighted by Crippen LogP contribution is -2.10. The zero-order valence-corrected chi connectivity index (χ0v) is 10.7. The number of hydrogen-bond acceptors (Lipinski definition) is 3. The van der Waals surface area contributed by atoms with Gasteiger partial charge in [0.05, 0.1) is 13.0 Å². The summed E-state index contributed by atoms with van der Waals surface area (Å²) in [6, 6.07) is 3.89. The zero-order chi connectivity index (χ0) is 12.3. The summed E-state index contributed by atoms with van der Waals surface area (Å²) in [4.78, 5) is 12.0. The van der Waals surface area contributed by atoms with Gasteiger partial charge in [-0.2, -0.15) is 0 Å². The monoisotopic (exact) mass is 240 g/mol. The summed E-state index contributed by atoms with van der Waals surface area (Å²) >= 11 is 1.54. The van der Waals surface area contributed by atoms with E-state index in [1.165, 1.54) is 11.8 Å². The lowest BCUT2D eigenvalue weighted by molar-refractivity contribution is -0.138. The van der Waals surface area contributed by atoms with Crippen LogP contribution in [0.4, 0.5) is 0 Å². The van der Waals surface area contributed by atoms with Crippen molar-refractivity contribution < 1.29 is 14.6 Å². The van der Waals surface area contributed by atoms with Gasteiger partial charge in [0.15, 0.2) is 0 Å². The van der Waals surface area contributed by atoms with Crippen LogP contribution in [0.15, 0.2) is 17.0 Å². The highest BCUT2D eigenvalue weighted by atomic mass is 32.2. The van der Waals surface area contributed by atoms with Crippen molar-refractivity contribution in [3.8, 4) is 5.75 Å². The molecule has 0 aliphatic rings. The number of thioether (sulfide) groups is 1. The van der Waals surface area contributed by atoms with Gasteiger partial charge in [-0.1, -0.05) is 6.07 Å². The van der Waals surface area contributed by atoms with Crippen LogP contribution in [-0.2, 0) is 4.79 Å². The Balaban J connectivity index is 3.41. The van der Waals surface area contributed by atoms with E-state index < -0.39 is 11.9 Å². The predicted octanol–water partition coefficient (Wildman–Crippen LogP) is 2.91. The third-order valence-corrected chi connectivity index (χ3v) is 3.38. The number of benzene rings is 1. The van der Waals surface area contributed by atoms with Gasteiger partial charge in [-0.25, -0.2) is 0 Å². The van der Waals surface area contributed by atoms with Crippen LogP contribution >= 0.6 is 11.8 Å². The fourth-order valence-corrected chi connectivity index (χ4v) is 2.37. The summed E-state index contributed by atoms with van der Waals surface area (Å²) in [5, 5.41) is 9.10. The molecule has 0 bridgehead atoms. The van der Waals surface area contributed by atoms with Crippen molar-refractivity contribution in [2.45, 2.75) is 24.7 Å². The van der Waals surface area contributed by atoms with E-state index in [-0.39, 0.29) is 0 Å². The summed E-state index contributed by atoms with van der Waals surface area (Å²) in [7, 11) is 1.57. The first kappa shape index (κ1) is 12.9. The Kier molecular flexibility index (Phi) is 4.24. The number of aryl methyl sites for hydroxylation is 1. The van der Waals surface area contributed by atoms with E-state index in [0.29, 0.717) is 5.75 Å². The number of carboxylic acid groups (broad SMARTS) is 1. The van der Waals surface area contributed by atoms with Crippen molar-refractivity contribution in [1.29, 1.82) is 0 Å². The molecule has 0 fully saturated rings. The fourth-order valence-electron chi connectivity index (χ4n) is 1.67. The van der Waals surface area contributed by atoms with Gasteiger partial charge in [-0.05, 0) is 31.7 Å². The molecule has 1 N–H and O–H groups in total. The van der Waals surface area contributed by atoms with Crippen LogP contribution < -0.4 is 4.74 Å². The van der Waals surface area contributed by atoms with Crippen molar-refractivity contribution in [2.24, 2.45) is 0 Å². The second kappa shape index (κ2) is 5.25. The van der Waals surface area contributed by atoms with Gasteiger partial charge >= 0.3 is 5.97 Å². The fraction of sp³-hybridized carbons (Fsp3) is 0.417. The minimum Gasteiger partial charge on any atom is -0.496 e. The highest BCUT2D eigenvalue weighted by molar-refractivity contribution is 7.98. The maximum absolute atomic E-state index is 11.1. The van der Waals surface area contributed by atoms with Gasteiger partial charge in [0.1, 0.15) is 5.75 Å². The number of hydrogen-bond donors (Lipinski definition) is 1. The van der Waals surface area contributed by atoms with E-state index in [0.717, 1.165) is 16.0 Å². The molecule has 88 valence electrons. The van der Waals surface area contributed by atoms with Gasteiger partial charge in [-0.3, -0.25) is 4.79 Å². The molecule has 1 aromatic rings. The van der Waals surface area contributed by atoms with Gasteiger partial charge < -0.3 is 9.84 Å². The number of ether oxygens (including phenoxy) is 1.